The standard InChI is InChI=1S/C16H16N2O/c17-10-12-4-5-16-14(8-12)6-7-18(16)11-13-2-1-3-15(19)9-13/h1-9,19H,10-11,17H2. The first kappa shape index (κ1) is 11.8. The molecule has 0 fully saturated rings. The molecule has 96 valence electrons. The van der Waals surface area contributed by atoms with Crippen LogP contribution in [0.4, 0.5) is 0 Å². The first-order valence-electron chi connectivity index (χ1n) is 6.32. The highest BCUT2D eigenvalue weighted by Crippen LogP contribution is 2.20. The minimum absolute atomic E-state index is 0.305. The highest BCUT2D eigenvalue weighted by Gasteiger charge is 2.03. The minimum atomic E-state index is 0.305. The Hall–Kier alpha value is -2.26. The SMILES string of the molecule is NCc1ccc2c(ccn2Cc2cccc(O)c2)c1. The Bertz CT molecular complexity index is 716. The summed E-state index contributed by atoms with van der Waals surface area (Å²) >= 11 is 0. The summed E-state index contributed by atoms with van der Waals surface area (Å²) in [6.45, 7) is 1.31. The van der Waals surface area contributed by atoms with Gasteiger partial charge in [-0.1, -0.05) is 18.2 Å². The van der Waals surface area contributed by atoms with Gasteiger partial charge in [-0.2, -0.15) is 0 Å². The third kappa shape index (κ3) is 2.33. The highest BCUT2D eigenvalue weighted by molar-refractivity contribution is 5.81. The fourth-order valence-electron chi connectivity index (χ4n) is 2.37. The van der Waals surface area contributed by atoms with Crippen molar-refractivity contribution in [1.82, 2.24) is 4.57 Å². The van der Waals surface area contributed by atoms with E-state index in [-0.39, 0.29) is 0 Å². The lowest BCUT2D eigenvalue weighted by Crippen LogP contribution is -1.98. The van der Waals surface area contributed by atoms with Gasteiger partial charge in [-0.3, -0.25) is 0 Å². The lowest BCUT2D eigenvalue weighted by atomic mass is 10.1. The summed E-state index contributed by atoms with van der Waals surface area (Å²) in [4.78, 5) is 0. The Morgan fingerprint density at radius 1 is 1.00 bits per heavy atom. The molecule has 1 heterocycles. The average molecular weight is 252 g/mol. The topological polar surface area (TPSA) is 51.2 Å². The van der Waals surface area contributed by atoms with E-state index in [1.165, 1.54) is 10.9 Å². The molecule has 3 aromatic rings. The summed E-state index contributed by atoms with van der Waals surface area (Å²) in [6, 6.07) is 15.7. The molecule has 0 aliphatic heterocycles. The van der Waals surface area contributed by atoms with Crippen LogP contribution in [0.25, 0.3) is 10.9 Å². The van der Waals surface area contributed by atoms with Crippen molar-refractivity contribution in [2.75, 3.05) is 0 Å². The number of hydrogen-bond donors (Lipinski definition) is 2. The van der Waals surface area contributed by atoms with E-state index in [2.05, 4.69) is 35.0 Å². The Labute approximate surface area is 111 Å². The van der Waals surface area contributed by atoms with Gasteiger partial charge in [0.2, 0.25) is 0 Å². The van der Waals surface area contributed by atoms with E-state index in [4.69, 9.17) is 5.73 Å². The van der Waals surface area contributed by atoms with E-state index in [1.54, 1.807) is 12.1 Å². The molecule has 2 aromatic carbocycles. The van der Waals surface area contributed by atoms with Crippen molar-refractivity contribution in [1.29, 1.82) is 0 Å². The van der Waals surface area contributed by atoms with Crippen LogP contribution in [-0.4, -0.2) is 9.67 Å². The number of rotatable bonds is 3. The number of benzene rings is 2. The largest absolute Gasteiger partial charge is 0.508 e. The summed E-state index contributed by atoms with van der Waals surface area (Å²) in [5.41, 5.74) is 9.06. The molecule has 0 amide bonds. The van der Waals surface area contributed by atoms with E-state index in [0.29, 0.717) is 12.3 Å². The van der Waals surface area contributed by atoms with Crippen LogP contribution in [0.1, 0.15) is 11.1 Å². The number of aromatic hydroxyl groups is 1. The number of hydrogen-bond acceptors (Lipinski definition) is 2. The van der Waals surface area contributed by atoms with Crippen molar-refractivity contribution >= 4 is 10.9 Å². The highest BCUT2D eigenvalue weighted by atomic mass is 16.3. The zero-order chi connectivity index (χ0) is 13.2. The molecular formula is C16H16N2O. The second kappa shape index (κ2) is 4.78. The Morgan fingerprint density at radius 2 is 1.89 bits per heavy atom. The van der Waals surface area contributed by atoms with Gasteiger partial charge < -0.3 is 15.4 Å². The minimum Gasteiger partial charge on any atom is -0.508 e. The third-order valence-corrected chi connectivity index (χ3v) is 3.33. The molecule has 0 saturated carbocycles. The molecule has 0 radical (unpaired) electrons. The average Bonchev–Trinajstić information content (AvgIpc) is 2.81. The van der Waals surface area contributed by atoms with Crippen molar-refractivity contribution in [3.63, 3.8) is 0 Å². The molecule has 0 saturated heterocycles. The molecule has 0 atom stereocenters. The van der Waals surface area contributed by atoms with Crippen molar-refractivity contribution in [3.05, 3.63) is 65.9 Å². The predicted octanol–water partition coefficient (Wildman–Crippen LogP) is 2.85. The molecule has 3 nitrogen and oxygen atoms in total. The lowest BCUT2D eigenvalue weighted by molar-refractivity contribution is 0.474. The molecule has 0 bridgehead atoms. The van der Waals surface area contributed by atoms with E-state index in [9.17, 15) is 5.11 Å². The molecule has 0 unspecified atom stereocenters. The fraction of sp³-hybridized carbons (Fsp3) is 0.125. The number of fused-ring (bicyclic) bond motifs is 1. The van der Waals surface area contributed by atoms with Crippen LogP contribution in [0.3, 0.4) is 0 Å². The maximum absolute atomic E-state index is 9.50. The first-order valence-corrected chi connectivity index (χ1v) is 6.32. The van der Waals surface area contributed by atoms with Gasteiger partial charge in [-0.25, -0.2) is 0 Å². The van der Waals surface area contributed by atoms with Crippen LogP contribution in [0, 0.1) is 0 Å². The molecule has 1 aromatic heterocycles. The molecular weight excluding hydrogens is 236 g/mol. The quantitative estimate of drug-likeness (QED) is 0.753. The van der Waals surface area contributed by atoms with Gasteiger partial charge in [0.15, 0.2) is 0 Å². The van der Waals surface area contributed by atoms with Crippen LogP contribution < -0.4 is 5.73 Å². The maximum Gasteiger partial charge on any atom is 0.115 e. The molecule has 0 aliphatic carbocycles. The fourth-order valence-corrected chi connectivity index (χ4v) is 2.37. The van der Waals surface area contributed by atoms with Gasteiger partial charge in [-0.05, 0) is 46.8 Å². The van der Waals surface area contributed by atoms with Crippen LogP contribution in [0.15, 0.2) is 54.7 Å². The zero-order valence-electron chi connectivity index (χ0n) is 10.6. The van der Waals surface area contributed by atoms with Crippen molar-refractivity contribution in [2.24, 2.45) is 5.73 Å². The Balaban J connectivity index is 1.97. The number of phenolic OH excluding ortho intramolecular Hbond substituents is 1. The summed E-state index contributed by atoms with van der Waals surface area (Å²) < 4.78 is 2.17. The zero-order valence-corrected chi connectivity index (χ0v) is 10.6. The molecule has 19 heavy (non-hydrogen) atoms. The van der Waals surface area contributed by atoms with Crippen molar-refractivity contribution in [2.45, 2.75) is 13.1 Å². The molecule has 0 spiro atoms. The molecule has 3 rings (SSSR count). The van der Waals surface area contributed by atoms with Gasteiger partial charge in [0.05, 0.1) is 0 Å². The third-order valence-electron chi connectivity index (χ3n) is 3.33. The first-order chi connectivity index (χ1) is 9.26. The van der Waals surface area contributed by atoms with E-state index >= 15 is 0 Å². The van der Waals surface area contributed by atoms with E-state index < -0.39 is 0 Å². The van der Waals surface area contributed by atoms with Gasteiger partial charge in [0, 0.05) is 24.8 Å². The summed E-state index contributed by atoms with van der Waals surface area (Å²) in [5.74, 6) is 0.305. The Kier molecular flexibility index (Phi) is 2.97. The van der Waals surface area contributed by atoms with E-state index in [1.807, 2.05) is 12.1 Å². The normalized spacial score (nSPS) is 11.0. The second-order valence-electron chi connectivity index (χ2n) is 4.71. The summed E-state index contributed by atoms with van der Waals surface area (Å²) in [5, 5.41) is 10.7. The van der Waals surface area contributed by atoms with Gasteiger partial charge in [0.1, 0.15) is 5.75 Å². The predicted molar refractivity (Wildman–Crippen MR) is 77.0 cm³/mol. The lowest BCUT2D eigenvalue weighted by Gasteiger charge is -2.06. The number of nitrogens with two attached hydrogens (primary N) is 1. The van der Waals surface area contributed by atoms with Gasteiger partial charge in [0.25, 0.3) is 0 Å². The maximum atomic E-state index is 9.50. The van der Waals surface area contributed by atoms with Gasteiger partial charge >= 0.3 is 0 Å². The van der Waals surface area contributed by atoms with Crippen molar-refractivity contribution in [3.8, 4) is 5.75 Å². The van der Waals surface area contributed by atoms with E-state index in [0.717, 1.165) is 17.7 Å². The second-order valence-corrected chi connectivity index (χ2v) is 4.71. The monoisotopic (exact) mass is 252 g/mol. The molecule has 0 aliphatic rings. The number of phenols is 1. The Morgan fingerprint density at radius 3 is 2.68 bits per heavy atom. The van der Waals surface area contributed by atoms with Crippen LogP contribution in [-0.2, 0) is 13.1 Å². The van der Waals surface area contributed by atoms with Crippen LogP contribution >= 0.6 is 0 Å². The van der Waals surface area contributed by atoms with Crippen molar-refractivity contribution < 1.29 is 5.11 Å². The van der Waals surface area contributed by atoms with Crippen LogP contribution in [0.2, 0.25) is 0 Å². The molecule has 3 heteroatoms. The number of aromatic nitrogens is 1. The summed E-state index contributed by atoms with van der Waals surface area (Å²) in [7, 11) is 0. The van der Waals surface area contributed by atoms with Gasteiger partial charge in [-0.15, -0.1) is 0 Å². The number of nitrogens with zero attached hydrogens (tertiary/aromatic N) is 1. The summed E-state index contributed by atoms with van der Waals surface area (Å²) in [6.07, 6.45) is 2.06. The van der Waals surface area contributed by atoms with Crippen LogP contribution in [0.5, 0.6) is 5.75 Å². The molecule has 3 N–H and O–H groups in total. The smallest absolute Gasteiger partial charge is 0.115 e.